The molecule has 1 fully saturated rings. The summed E-state index contributed by atoms with van der Waals surface area (Å²) in [7, 11) is 0. The standard InChI is InChI=1S/C21H31N3O/c1-15(2)12-16(3)23-21(25)17-8-10-24(11-9-17)14-18-13-22-20-7-5-4-6-19(18)20/h4-7,13,15-17,22H,8-12,14H2,1-3H3,(H,23,25). The first kappa shape index (κ1) is 18.0. The van der Waals surface area contributed by atoms with Crippen LogP contribution in [0.4, 0.5) is 0 Å². The maximum Gasteiger partial charge on any atom is 0.223 e. The van der Waals surface area contributed by atoms with Gasteiger partial charge >= 0.3 is 0 Å². The molecule has 136 valence electrons. The number of nitrogens with zero attached hydrogens (tertiary/aromatic N) is 1. The van der Waals surface area contributed by atoms with Gasteiger partial charge in [-0.25, -0.2) is 0 Å². The van der Waals surface area contributed by atoms with Crippen LogP contribution in [0.15, 0.2) is 30.5 Å². The maximum absolute atomic E-state index is 12.5. The Morgan fingerprint density at radius 1 is 1.24 bits per heavy atom. The Balaban J connectivity index is 1.49. The molecule has 0 aliphatic carbocycles. The number of hydrogen-bond donors (Lipinski definition) is 2. The second-order valence-corrected chi connectivity index (χ2v) is 7.95. The largest absolute Gasteiger partial charge is 0.361 e. The predicted octanol–water partition coefficient (Wildman–Crippen LogP) is 3.93. The molecule has 1 atom stereocenters. The van der Waals surface area contributed by atoms with Crippen LogP contribution in [0.2, 0.25) is 0 Å². The third-order valence-corrected chi connectivity index (χ3v) is 5.24. The number of aromatic amines is 1. The van der Waals surface area contributed by atoms with Gasteiger partial charge < -0.3 is 10.3 Å². The molecule has 2 N–H and O–H groups in total. The minimum absolute atomic E-state index is 0.175. The number of hydrogen-bond acceptors (Lipinski definition) is 2. The number of nitrogens with one attached hydrogen (secondary N) is 2. The molecule has 1 aromatic heterocycles. The molecule has 0 radical (unpaired) electrons. The van der Waals surface area contributed by atoms with Crippen LogP contribution in [0.3, 0.4) is 0 Å². The SMILES string of the molecule is CC(C)CC(C)NC(=O)C1CCN(Cc2c[nH]c3ccccc23)CC1. The van der Waals surface area contributed by atoms with Crippen LogP contribution in [0.5, 0.6) is 0 Å². The van der Waals surface area contributed by atoms with E-state index < -0.39 is 0 Å². The van der Waals surface area contributed by atoms with E-state index >= 15 is 0 Å². The van der Waals surface area contributed by atoms with Crippen LogP contribution in [0.25, 0.3) is 10.9 Å². The summed E-state index contributed by atoms with van der Waals surface area (Å²) in [5.74, 6) is 1.04. The summed E-state index contributed by atoms with van der Waals surface area (Å²) in [5, 5.41) is 4.51. The van der Waals surface area contributed by atoms with Crippen molar-refractivity contribution in [1.29, 1.82) is 0 Å². The Morgan fingerprint density at radius 2 is 1.96 bits per heavy atom. The topological polar surface area (TPSA) is 48.1 Å². The Bertz CT molecular complexity index is 698. The molecular weight excluding hydrogens is 310 g/mol. The van der Waals surface area contributed by atoms with Crippen molar-refractivity contribution in [1.82, 2.24) is 15.2 Å². The molecule has 2 heterocycles. The molecule has 1 saturated heterocycles. The van der Waals surface area contributed by atoms with Gasteiger partial charge in [-0.1, -0.05) is 32.0 Å². The predicted molar refractivity (Wildman–Crippen MR) is 103 cm³/mol. The summed E-state index contributed by atoms with van der Waals surface area (Å²) in [6.45, 7) is 9.47. The summed E-state index contributed by atoms with van der Waals surface area (Å²) in [6, 6.07) is 8.73. The van der Waals surface area contributed by atoms with E-state index in [1.54, 1.807) is 0 Å². The summed E-state index contributed by atoms with van der Waals surface area (Å²) >= 11 is 0. The number of piperidine rings is 1. The second-order valence-electron chi connectivity index (χ2n) is 7.95. The zero-order valence-corrected chi connectivity index (χ0v) is 15.7. The number of rotatable bonds is 6. The number of carbonyl (C=O) groups is 1. The fourth-order valence-corrected chi connectivity index (χ4v) is 3.98. The zero-order chi connectivity index (χ0) is 17.8. The molecule has 4 heteroatoms. The third-order valence-electron chi connectivity index (χ3n) is 5.24. The first-order valence-electron chi connectivity index (χ1n) is 9.60. The van der Waals surface area contributed by atoms with Gasteiger partial charge in [-0.3, -0.25) is 9.69 Å². The molecule has 1 aromatic carbocycles. The van der Waals surface area contributed by atoms with Gasteiger partial charge in [0.05, 0.1) is 0 Å². The van der Waals surface area contributed by atoms with Crippen molar-refractivity contribution in [2.75, 3.05) is 13.1 Å². The van der Waals surface area contributed by atoms with E-state index in [-0.39, 0.29) is 17.9 Å². The molecule has 1 aliphatic rings. The fraction of sp³-hybridized carbons (Fsp3) is 0.571. The maximum atomic E-state index is 12.5. The Morgan fingerprint density at radius 3 is 2.68 bits per heavy atom. The summed E-state index contributed by atoms with van der Waals surface area (Å²) in [6.07, 6.45) is 5.09. The van der Waals surface area contributed by atoms with Crippen molar-refractivity contribution in [3.05, 3.63) is 36.0 Å². The number of H-pyrrole nitrogens is 1. The highest BCUT2D eigenvalue weighted by atomic mass is 16.1. The van der Waals surface area contributed by atoms with Gasteiger partial charge in [0.2, 0.25) is 5.91 Å². The highest BCUT2D eigenvalue weighted by Gasteiger charge is 2.26. The van der Waals surface area contributed by atoms with E-state index in [1.165, 1.54) is 16.5 Å². The van der Waals surface area contributed by atoms with E-state index in [1.807, 2.05) is 0 Å². The van der Waals surface area contributed by atoms with Gasteiger partial charge in [-0.05, 0) is 56.8 Å². The number of para-hydroxylation sites is 1. The molecule has 2 aromatic rings. The van der Waals surface area contributed by atoms with Crippen LogP contribution >= 0.6 is 0 Å². The van der Waals surface area contributed by atoms with Gasteiger partial charge in [0, 0.05) is 35.6 Å². The van der Waals surface area contributed by atoms with Crippen LogP contribution < -0.4 is 5.32 Å². The average molecular weight is 341 g/mol. The van der Waals surface area contributed by atoms with Gasteiger partial charge in [0.25, 0.3) is 0 Å². The number of benzene rings is 1. The lowest BCUT2D eigenvalue weighted by atomic mass is 9.94. The average Bonchev–Trinajstić information content (AvgIpc) is 2.98. The molecule has 3 rings (SSSR count). The molecular formula is C21H31N3O. The second kappa shape index (κ2) is 8.05. The van der Waals surface area contributed by atoms with E-state index in [2.05, 4.69) is 66.4 Å². The van der Waals surface area contributed by atoms with Crippen molar-refractivity contribution in [3.63, 3.8) is 0 Å². The van der Waals surface area contributed by atoms with Crippen LogP contribution in [0, 0.1) is 11.8 Å². The quantitative estimate of drug-likeness (QED) is 0.836. The van der Waals surface area contributed by atoms with Crippen molar-refractivity contribution >= 4 is 16.8 Å². The van der Waals surface area contributed by atoms with E-state index in [0.717, 1.165) is 38.9 Å². The molecule has 0 saturated carbocycles. The zero-order valence-electron chi connectivity index (χ0n) is 15.7. The van der Waals surface area contributed by atoms with Crippen LogP contribution in [-0.2, 0) is 11.3 Å². The normalized spacial score (nSPS) is 17.9. The van der Waals surface area contributed by atoms with Crippen molar-refractivity contribution in [2.45, 2.75) is 52.6 Å². The fourth-order valence-electron chi connectivity index (χ4n) is 3.98. The first-order valence-corrected chi connectivity index (χ1v) is 9.60. The van der Waals surface area contributed by atoms with Gasteiger partial charge in [0.15, 0.2) is 0 Å². The van der Waals surface area contributed by atoms with Gasteiger partial charge in [0.1, 0.15) is 0 Å². The summed E-state index contributed by atoms with van der Waals surface area (Å²) in [5.41, 5.74) is 2.55. The molecule has 0 bridgehead atoms. The minimum atomic E-state index is 0.175. The molecule has 1 aliphatic heterocycles. The highest BCUT2D eigenvalue weighted by molar-refractivity contribution is 5.83. The van der Waals surface area contributed by atoms with Crippen LogP contribution in [0.1, 0.15) is 45.6 Å². The van der Waals surface area contributed by atoms with Gasteiger partial charge in [-0.15, -0.1) is 0 Å². The Kier molecular flexibility index (Phi) is 5.79. The monoisotopic (exact) mass is 341 g/mol. The first-order chi connectivity index (χ1) is 12.0. The molecule has 4 nitrogen and oxygen atoms in total. The van der Waals surface area contributed by atoms with Crippen LogP contribution in [-0.4, -0.2) is 34.9 Å². The molecule has 25 heavy (non-hydrogen) atoms. The molecule has 1 amide bonds. The number of fused-ring (bicyclic) bond motifs is 1. The third kappa shape index (κ3) is 4.63. The Labute approximate surface area is 151 Å². The minimum Gasteiger partial charge on any atom is -0.361 e. The van der Waals surface area contributed by atoms with Gasteiger partial charge in [-0.2, -0.15) is 0 Å². The van der Waals surface area contributed by atoms with Crippen molar-refractivity contribution in [2.24, 2.45) is 11.8 Å². The lowest BCUT2D eigenvalue weighted by molar-refractivity contribution is -0.127. The van der Waals surface area contributed by atoms with E-state index in [0.29, 0.717) is 5.92 Å². The van der Waals surface area contributed by atoms with Crippen molar-refractivity contribution < 1.29 is 4.79 Å². The number of amides is 1. The number of aromatic nitrogens is 1. The molecule has 1 unspecified atom stereocenters. The highest BCUT2D eigenvalue weighted by Crippen LogP contribution is 2.23. The van der Waals surface area contributed by atoms with Crippen molar-refractivity contribution in [3.8, 4) is 0 Å². The lowest BCUT2D eigenvalue weighted by Gasteiger charge is -2.32. The number of carbonyl (C=O) groups excluding carboxylic acids is 1. The molecule has 0 spiro atoms. The lowest BCUT2D eigenvalue weighted by Crippen LogP contribution is -2.43. The summed E-state index contributed by atoms with van der Waals surface area (Å²) in [4.78, 5) is 18.3. The summed E-state index contributed by atoms with van der Waals surface area (Å²) < 4.78 is 0. The van der Waals surface area contributed by atoms with E-state index in [4.69, 9.17) is 0 Å². The number of likely N-dealkylation sites (tertiary alicyclic amines) is 1. The smallest absolute Gasteiger partial charge is 0.223 e. The van der Waals surface area contributed by atoms with E-state index in [9.17, 15) is 4.79 Å². The Hall–Kier alpha value is -1.81.